The normalized spacial score (nSPS) is 16.0. The Hall–Kier alpha value is -5.34. The van der Waals surface area contributed by atoms with Gasteiger partial charge < -0.3 is 9.32 Å². The summed E-state index contributed by atoms with van der Waals surface area (Å²) in [7, 11) is 0. The van der Waals surface area contributed by atoms with Gasteiger partial charge in [-0.2, -0.15) is 0 Å². The topological polar surface area (TPSA) is 16.4 Å². The number of anilines is 3. The van der Waals surface area contributed by atoms with Gasteiger partial charge in [0.1, 0.15) is 5.58 Å². The van der Waals surface area contributed by atoms with Crippen LogP contribution in [0.4, 0.5) is 17.1 Å². The van der Waals surface area contributed by atoms with Crippen molar-refractivity contribution in [3.63, 3.8) is 0 Å². The fourth-order valence-electron chi connectivity index (χ4n) is 8.46. The fourth-order valence-corrected chi connectivity index (χ4v) is 8.46. The van der Waals surface area contributed by atoms with Gasteiger partial charge in [0.25, 0.3) is 0 Å². The van der Waals surface area contributed by atoms with Crippen LogP contribution in [0.5, 0.6) is 0 Å². The average Bonchev–Trinajstić information content (AvgIpc) is 3.61. The maximum atomic E-state index is 6.74. The first-order chi connectivity index (χ1) is 24.1. The second-order valence-electron chi connectivity index (χ2n) is 15.8. The Bertz CT molecular complexity index is 2610. The SMILES string of the molecule is CC1C=c2c(N(c3ccccc3-c3cccc4c3-c3ccc(C(C)(C)C)cc3C4(C)C)c3cccc4c3oc3ccccc34)cccc2=CC1. The third-order valence-corrected chi connectivity index (χ3v) is 11.1. The zero-order valence-electron chi connectivity index (χ0n) is 29.8. The van der Waals surface area contributed by atoms with Crippen LogP contribution < -0.4 is 15.3 Å². The van der Waals surface area contributed by atoms with Crippen LogP contribution in [0, 0.1) is 5.92 Å². The molecule has 0 radical (unpaired) electrons. The predicted octanol–water partition coefficient (Wildman–Crippen LogP) is 11.9. The summed E-state index contributed by atoms with van der Waals surface area (Å²) in [6.07, 6.45) is 5.89. The highest BCUT2D eigenvalue weighted by molar-refractivity contribution is 6.11. The zero-order chi connectivity index (χ0) is 34.4. The van der Waals surface area contributed by atoms with E-state index in [2.05, 4.69) is 180 Å². The second-order valence-corrected chi connectivity index (χ2v) is 15.8. The number of benzene rings is 6. The molecule has 50 heavy (non-hydrogen) atoms. The fraction of sp³-hybridized carbons (Fsp3) is 0.208. The van der Waals surface area contributed by atoms with Crippen molar-refractivity contribution in [3.8, 4) is 22.3 Å². The van der Waals surface area contributed by atoms with Gasteiger partial charge in [-0.25, -0.2) is 0 Å². The van der Waals surface area contributed by atoms with Gasteiger partial charge in [-0.1, -0.05) is 151 Å². The van der Waals surface area contributed by atoms with E-state index in [-0.39, 0.29) is 10.8 Å². The minimum absolute atomic E-state index is 0.0776. The molecule has 2 aliphatic rings. The van der Waals surface area contributed by atoms with E-state index >= 15 is 0 Å². The van der Waals surface area contributed by atoms with E-state index in [0.717, 1.165) is 45.4 Å². The van der Waals surface area contributed by atoms with Crippen molar-refractivity contribution in [2.24, 2.45) is 5.92 Å². The van der Waals surface area contributed by atoms with Crippen LogP contribution >= 0.6 is 0 Å². The lowest BCUT2D eigenvalue weighted by atomic mass is 9.79. The number of furan rings is 1. The molecule has 2 heteroatoms. The minimum atomic E-state index is -0.115. The Kier molecular flexibility index (Phi) is 6.81. The largest absolute Gasteiger partial charge is 0.454 e. The van der Waals surface area contributed by atoms with E-state index in [0.29, 0.717) is 5.92 Å². The summed E-state index contributed by atoms with van der Waals surface area (Å²) >= 11 is 0. The standard InChI is InChI=1S/C48H43NO/c1-30-24-25-31-14-11-21-42(38(31)28-30)49(43-22-13-18-36-34-16-8-10-23-44(34)50-46(36)43)41-20-9-7-15-33(41)35-17-12-19-39-45(35)37-27-26-32(47(2,3)4)29-40(37)48(39,5)6/h7-23,25-30H,24H2,1-6H3. The van der Waals surface area contributed by atoms with Crippen LogP contribution in [0.2, 0.25) is 0 Å². The Morgan fingerprint density at radius 1 is 0.660 bits per heavy atom. The van der Waals surface area contributed by atoms with E-state index in [1.54, 1.807) is 0 Å². The number of rotatable bonds is 4. The summed E-state index contributed by atoms with van der Waals surface area (Å²) in [6.45, 7) is 14.0. The van der Waals surface area contributed by atoms with Crippen molar-refractivity contribution in [3.05, 3.63) is 148 Å². The third kappa shape index (κ3) is 4.62. The Morgan fingerprint density at radius 3 is 2.22 bits per heavy atom. The monoisotopic (exact) mass is 649 g/mol. The lowest BCUT2D eigenvalue weighted by molar-refractivity contribution is 0.584. The van der Waals surface area contributed by atoms with Gasteiger partial charge in [0, 0.05) is 27.0 Å². The van der Waals surface area contributed by atoms with E-state index in [9.17, 15) is 0 Å². The van der Waals surface area contributed by atoms with E-state index in [1.807, 2.05) is 0 Å². The molecule has 0 N–H and O–H groups in total. The first-order valence-corrected chi connectivity index (χ1v) is 18.0. The molecule has 0 spiro atoms. The molecule has 7 aromatic rings. The average molecular weight is 650 g/mol. The Labute approximate surface area is 295 Å². The maximum Gasteiger partial charge on any atom is 0.159 e. The Balaban J connectivity index is 1.35. The highest BCUT2D eigenvalue weighted by Gasteiger charge is 2.38. The van der Waals surface area contributed by atoms with E-state index < -0.39 is 0 Å². The van der Waals surface area contributed by atoms with Gasteiger partial charge in [0.15, 0.2) is 5.58 Å². The molecule has 246 valence electrons. The molecular weight excluding hydrogens is 607 g/mol. The number of nitrogens with zero attached hydrogens (tertiary/aromatic N) is 1. The number of fused-ring (bicyclic) bond motifs is 7. The first kappa shape index (κ1) is 30.7. The number of hydrogen-bond acceptors (Lipinski definition) is 2. The molecule has 6 aromatic carbocycles. The number of para-hydroxylation sites is 3. The zero-order valence-corrected chi connectivity index (χ0v) is 29.8. The summed E-state index contributed by atoms with van der Waals surface area (Å²) in [4.78, 5) is 2.46. The summed E-state index contributed by atoms with van der Waals surface area (Å²) in [5, 5.41) is 4.82. The van der Waals surface area contributed by atoms with E-state index in [4.69, 9.17) is 4.42 Å². The molecule has 0 bridgehead atoms. The van der Waals surface area contributed by atoms with Crippen molar-refractivity contribution < 1.29 is 4.42 Å². The van der Waals surface area contributed by atoms with Crippen molar-refractivity contribution >= 4 is 51.2 Å². The van der Waals surface area contributed by atoms with Gasteiger partial charge in [0.2, 0.25) is 0 Å². The van der Waals surface area contributed by atoms with Crippen LogP contribution in [-0.2, 0) is 10.8 Å². The van der Waals surface area contributed by atoms with Crippen LogP contribution in [0.3, 0.4) is 0 Å². The van der Waals surface area contributed by atoms with Crippen molar-refractivity contribution in [1.82, 2.24) is 0 Å². The lowest BCUT2D eigenvalue weighted by Crippen LogP contribution is -2.33. The molecule has 0 aliphatic heterocycles. The van der Waals surface area contributed by atoms with E-state index in [1.165, 1.54) is 49.4 Å². The first-order valence-electron chi connectivity index (χ1n) is 18.0. The molecule has 0 amide bonds. The summed E-state index contributed by atoms with van der Waals surface area (Å²) < 4.78 is 6.74. The molecule has 1 heterocycles. The van der Waals surface area contributed by atoms with Gasteiger partial charge in [-0.05, 0) is 80.6 Å². The molecule has 0 fully saturated rings. The van der Waals surface area contributed by atoms with Gasteiger partial charge in [-0.15, -0.1) is 0 Å². The van der Waals surface area contributed by atoms with Crippen molar-refractivity contribution in [2.45, 2.75) is 58.8 Å². The molecule has 0 saturated heterocycles. The maximum absolute atomic E-state index is 6.74. The number of hydrogen-bond donors (Lipinski definition) is 0. The molecule has 9 rings (SSSR count). The summed E-state index contributed by atoms with van der Waals surface area (Å²) in [6, 6.07) is 44.7. The Morgan fingerprint density at radius 2 is 1.36 bits per heavy atom. The smallest absolute Gasteiger partial charge is 0.159 e. The van der Waals surface area contributed by atoms with Gasteiger partial charge >= 0.3 is 0 Å². The molecule has 2 nitrogen and oxygen atoms in total. The third-order valence-electron chi connectivity index (χ3n) is 11.1. The van der Waals surface area contributed by atoms with Gasteiger partial charge in [0.05, 0.1) is 17.1 Å². The molecule has 1 aromatic heterocycles. The highest BCUT2D eigenvalue weighted by Crippen LogP contribution is 2.54. The van der Waals surface area contributed by atoms with Crippen LogP contribution in [-0.4, -0.2) is 0 Å². The molecule has 0 saturated carbocycles. The quantitative estimate of drug-likeness (QED) is 0.189. The van der Waals surface area contributed by atoms with Crippen molar-refractivity contribution in [2.75, 3.05) is 4.90 Å². The van der Waals surface area contributed by atoms with Gasteiger partial charge in [-0.3, -0.25) is 0 Å². The summed E-state index contributed by atoms with van der Waals surface area (Å²) in [5.74, 6) is 0.455. The van der Waals surface area contributed by atoms with Crippen molar-refractivity contribution in [1.29, 1.82) is 0 Å². The molecule has 1 atom stereocenters. The summed E-state index contributed by atoms with van der Waals surface area (Å²) in [5.41, 5.74) is 14.4. The highest BCUT2D eigenvalue weighted by atomic mass is 16.3. The second kappa shape index (κ2) is 11.1. The molecule has 2 aliphatic carbocycles. The lowest BCUT2D eigenvalue weighted by Gasteiger charge is -2.29. The minimum Gasteiger partial charge on any atom is -0.454 e. The van der Waals surface area contributed by atoms with Crippen LogP contribution in [0.25, 0.3) is 56.3 Å². The molecule has 1 unspecified atom stereocenters. The predicted molar refractivity (Wildman–Crippen MR) is 212 cm³/mol. The molecular formula is C48H43NO. The van der Waals surface area contributed by atoms with Crippen LogP contribution in [0.1, 0.15) is 64.7 Å². The van der Waals surface area contributed by atoms with Crippen LogP contribution in [0.15, 0.2) is 126 Å².